The van der Waals surface area contributed by atoms with E-state index in [-0.39, 0.29) is 23.9 Å². The molecule has 1 saturated carbocycles. The molecule has 1 aliphatic carbocycles. The smallest absolute Gasteiger partial charge is 0.378 e. The Morgan fingerprint density at radius 1 is 1.56 bits per heavy atom. The molecule has 2 bridgehead atoms. The first kappa shape index (κ1) is 12.6. The lowest BCUT2D eigenvalue weighted by Crippen LogP contribution is -2.36. The van der Waals surface area contributed by atoms with Gasteiger partial charge in [0.05, 0.1) is 32.8 Å². The normalized spacial score (nSPS) is 47.5. The van der Waals surface area contributed by atoms with Crippen molar-refractivity contribution in [2.24, 2.45) is 5.92 Å². The number of hydrogen-bond acceptors (Lipinski definition) is 4. The molecule has 1 N–H and O–H groups in total. The topological polar surface area (TPSA) is 65.0 Å². The molecule has 5 nitrogen and oxygen atoms in total. The van der Waals surface area contributed by atoms with Crippen LogP contribution in [0.3, 0.4) is 0 Å². The van der Waals surface area contributed by atoms with Crippen LogP contribution in [0.5, 0.6) is 0 Å². The molecule has 90 valence electrons. The van der Waals surface area contributed by atoms with Gasteiger partial charge in [0.2, 0.25) is 0 Å². The van der Waals surface area contributed by atoms with Crippen LogP contribution in [0.25, 0.3) is 0 Å². The molecule has 0 aromatic carbocycles. The van der Waals surface area contributed by atoms with Crippen LogP contribution in [0.2, 0.25) is 5.82 Å². The van der Waals surface area contributed by atoms with Crippen LogP contribution in [0.1, 0.15) is 20.3 Å². The predicted octanol–water partition coefficient (Wildman–Crippen LogP) is 1.27. The van der Waals surface area contributed by atoms with Crippen molar-refractivity contribution in [2.75, 3.05) is 6.61 Å². The zero-order valence-corrected chi connectivity index (χ0v) is 10.3. The average Bonchev–Trinajstić information content (AvgIpc) is 2.31. The predicted molar refractivity (Wildman–Crippen MR) is 58.3 cm³/mol. The number of phosphoric ester groups is 1. The lowest BCUT2D eigenvalue weighted by Gasteiger charge is -2.33. The zero-order chi connectivity index (χ0) is 11.9. The van der Waals surface area contributed by atoms with Crippen molar-refractivity contribution in [1.29, 1.82) is 0 Å². The lowest BCUT2D eigenvalue weighted by atomic mass is 9.83. The van der Waals surface area contributed by atoms with Crippen molar-refractivity contribution < 1.29 is 23.2 Å². The molecule has 2 fully saturated rings. The van der Waals surface area contributed by atoms with E-state index in [1.165, 1.54) is 0 Å². The first-order valence-corrected chi connectivity index (χ1v) is 6.95. The summed E-state index contributed by atoms with van der Waals surface area (Å²) in [5, 5.41) is 0. The minimum absolute atomic E-state index is 0.0494. The first-order chi connectivity index (χ1) is 7.39. The highest BCUT2D eigenvalue weighted by Crippen LogP contribution is 2.59. The number of hydrogen-bond donors (Lipinski definition) is 1. The third-order valence-electron chi connectivity index (χ3n) is 2.97. The standard InChI is InChI=1S/C9H16BO5P/c1-5(2)13-4-6-8-3-7(10)9(6)15-16(11,12)14-8/h5-9H,3-4H2,1-2H3,(H,11,12)/t6-,7+,8-,9?/m1/s1. The maximum absolute atomic E-state index is 11.3. The van der Waals surface area contributed by atoms with Crippen molar-refractivity contribution in [1.82, 2.24) is 0 Å². The van der Waals surface area contributed by atoms with E-state index >= 15 is 0 Å². The van der Waals surface area contributed by atoms with Gasteiger partial charge < -0.3 is 9.63 Å². The molecule has 1 heterocycles. The molecule has 1 saturated heterocycles. The van der Waals surface area contributed by atoms with Crippen LogP contribution in [0, 0.1) is 5.92 Å². The van der Waals surface area contributed by atoms with Gasteiger partial charge in [0.15, 0.2) is 0 Å². The van der Waals surface area contributed by atoms with Crippen LogP contribution in [0.15, 0.2) is 0 Å². The van der Waals surface area contributed by atoms with E-state index in [1.54, 1.807) is 0 Å². The lowest BCUT2D eigenvalue weighted by molar-refractivity contribution is -0.0546. The minimum atomic E-state index is -3.89. The summed E-state index contributed by atoms with van der Waals surface area (Å²) in [6.07, 6.45) is -0.114. The largest absolute Gasteiger partial charge is 0.472 e. The van der Waals surface area contributed by atoms with E-state index in [0.717, 1.165) is 0 Å². The molecule has 7 heteroatoms. The molecular formula is C9H16BO5P. The van der Waals surface area contributed by atoms with Gasteiger partial charge in [-0.2, -0.15) is 0 Å². The summed E-state index contributed by atoms with van der Waals surface area (Å²) >= 11 is 0. The molecule has 0 aromatic rings. The highest BCUT2D eigenvalue weighted by molar-refractivity contribution is 7.47. The second-order valence-corrected chi connectivity index (χ2v) is 5.99. The second-order valence-electron chi connectivity index (χ2n) is 4.63. The number of phosphoric acid groups is 1. The summed E-state index contributed by atoms with van der Waals surface area (Å²) in [5.41, 5.74) is 0. The summed E-state index contributed by atoms with van der Waals surface area (Å²) in [6.45, 7) is 4.31. The highest BCUT2D eigenvalue weighted by Gasteiger charge is 2.52. The monoisotopic (exact) mass is 246 g/mol. The van der Waals surface area contributed by atoms with E-state index in [0.29, 0.717) is 13.0 Å². The summed E-state index contributed by atoms with van der Waals surface area (Å²) < 4.78 is 26.8. The third-order valence-corrected chi connectivity index (χ3v) is 4.02. The van der Waals surface area contributed by atoms with Crippen molar-refractivity contribution in [3.05, 3.63) is 0 Å². The van der Waals surface area contributed by atoms with Gasteiger partial charge in [0, 0.05) is 5.92 Å². The van der Waals surface area contributed by atoms with Crippen molar-refractivity contribution in [2.45, 2.75) is 44.4 Å². The van der Waals surface area contributed by atoms with E-state index < -0.39 is 13.9 Å². The van der Waals surface area contributed by atoms with Gasteiger partial charge in [-0.15, -0.1) is 0 Å². The zero-order valence-electron chi connectivity index (χ0n) is 9.41. The quantitative estimate of drug-likeness (QED) is 0.600. The third kappa shape index (κ3) is 2.52. The van der Waals surface area contributed by atoms with Gasteiger partial charge in [-0.05, 0) is 26.1 Å². The van der Waals surface area contributed by atoms with Gasteiger partial charge in [-0.25, -0.2) is 4.57 Å². The Balaban J connectivity index is 2.03. The van der Waals surface area contributed by atoms with E-state index in [2.05, 4.69) is 0 Å². The van der Waals surface area contributed by atoms with E-state index in [9.17, 15) is 9.46 Å². The van der Waals surface area contributed by atoms with E-state index in [1.807, 2.05) is 13.8 Å². The fourth-order valence-corrected chi connectivity index (χ4v) is 3.49. The van der Waals surface area contributed by atoms with Crippen molar-refractivity contribution in [3.63, 3.8) is 0 Å². The van der Waals surface area contributed by atoms with Crippen molar-refractivity contribution in [3.8, 4) is 0 Å². The summed E-state index contributed by atoms with van der Waals surface area (Å²) in [6, 6.07) is 0. The summed E-state index contributed by atoms with van der Waals surface area (Å²) in [4.78, 5) is 9.28. The Morgan fingerprint density at radius 3 is 2.81 bits per heavy atom. The Labute approximate surface area is 96.5 Å². The maximum Gasteiger partial charge on any atom is 0.472 e. The molecule has 0 aromatic heterocycles. The molecule has 0 amide bonds. The van der Waals surface area contributed by atoms with Crippen LogP contribution in [0.4, 0.5) is 0 Å². The molecule has 2 rings (SSSR count). The maximum atomic E-state index is 11.3. The molecule has 2 aliphatic rings. The Bertz CT molecular complexity index is 310. The fourth-order valence-electron chi connectivity index (χ4n) is 2.24. The van der Waals surface area contributed by atoms with Crippen molar-refractivity contribution >= 4 is 15.7 Å². The van der Waals surface area contributed by atoms with Crippen LogP contribution in [-0.2, 0) is 18.3 Å². The number of rotatable bonds is 3. The van der Waals surface area contributed by atoms with Crippen LogP contribution in [-0.4, -0.2) is 37.7 Å². The van der Waals surface area contributed by atoms with Gasteiger partial charge in [-0.1, -0.05) is 0 Å². The molecule has 2 unspecified atom stereocenters. The van der Waals surface area contributed by atoms with Gasteiger partial charge in [-0.3, -0.25) is 9.05 Å². The summed E-state index contributed by atoms with van der Waals surface area (Å²) in [5.74, 6) is -0.305. The highest BCUT2D eigenvalue weighted by atomic mass is 31.2. The van der Waals surface area contributed by atoms with Gasteiger partial charge >= 0.3 is 7.82 Å². The molecule has 1 aliphatic heterocycles. The first-order valence-electron chi connectivity index (χ1n) is 5.46. The second kappa shape index (κ2) is 4.43. The fraction of sp³-hybridized carbons (Fsp3) is 1.00. The molecule has 5 atom stereocenters. The molecule has 2 radical (unpaired) electrons. The number of ether oxygens (including phenoxy) is 1. The number of fused-ring (bicyclic) bond motifs is 2. The molecular weight excluding hydrogens is 230 g/mol. The van der Waals surface area contributed by atoms with Crippen LogP contribution < -0.4 is 0 Å². The molecule has 0 spiro atoms. The SMILES string of the molecule is [B][C@H]1C[C@H]2OP(=O)(O)OC1[C@@H]2COC(C)C. The Morgan fingerprint density at radius 2 is 2.25 bits per heavy atom. The van der Waals surface area contributed by atoms with E-state index in [4.69, 9.17) is 21.6 Å². The Kier molecular flexibility index (Phi) is 3.48. The summed E-state index contributed by atoms with van der Waals surface area (Å²) in [7, 11) is 1.95. The minimum Gasteiger partial charge on any atom is -0.378 e. The Hall–Kier alpha value is 0.135. The van der Waals surface area contributed by atoms with Gasteiger partial charge in [0.25, 0.3) is 0 Å². The van der Waals surface area contributed by atoms with Crippen LogP contribution >= 0.6 is 7.82 Å². The average molecular weight is 246 g/mol. The molecule has 16 heavy (non-hydrogen) atoms. The van der Waals surface area contributed by atoms with Gasteiger partial charge in [0.1, 0.15) is 0 Å².